The first kappa shape index (κ1) is 18.3. The van der Waals surface area contributed by atoms with Crippen LogP contribution in [-0.2, 0) is 21.4 Å². The lowest BCUT2D eigenvalue weighted by Gasteiger charge is -2.07. The summed E-state index contributed by atoms with van der Waals surface area (Å²) < 4.78 is 39.6. The van der Waals surface area contributed by atoms with Crippen molar-refractivity contribution in [2.45, 2.75) is 30.3 Å². The fraction of sp³-hybridized carbons (Fsp3) is 0.211. The fourth-order valence-electron chi connectivity index (χ4n) is 2.27. The lowest BCUT2D eigenvalue weighted by molar-refractivity contribution is -0.116. The van der Waals surface area contributed by atoms with Gasteiger partial charge in [0.1, 0.15) is 5.82 Å². The Hall–Kier alpha value is -2.51. The highest BCUT2D eigenvalue weighted by molar-refractivity contribution is 7.89. The van der Waals surface area contributed by atoms with Crippen LogP contribution in [0.4, 0.5) is 4.39 Å². The van der Waals surface area contributed by atoms with Crippen LogP contribution in [0.3, 0.4) is 0 Å². The molecule has 26 heavy (non-hydrogen) atoms. The molecule has 0 unspecified atom stereocenters. The molecule has 0 radical (unpaired) electrons. The van der Waals surface area contributed by atoms with Gasteiger partial charge in [-0.15, -0.1) is 0 Å². The van der Waals surface area contributed by atoms with Crippen molar-refractivity contribution in [3.8, 4) is 0 Å². The number of hydrogen-bond donors (Lipinski definition) is 2. The molecule has 0 aromatic heterocycles. The summed E-state index contributed by atoms with van der Waals surface area (Å²) >= 11 is 0. The van der Waals surface area contributed by atoms with Gasteiger partial charge in [-0.1, -0.05) is 24.3 Å². The Balaban J connectivity index is 1.52. The van der Waals surface area contributed by atoms with Gasteiger partial charge in [0.2, 0.25) is 15.9 Å². The van der Waals surface area contributed by atoms with Crippen molar-refractivity contribution < 1.29 is 17.6 Å². The molecule has 0 spiro atoms. The molecule has 1 aliphatic rings. The van der Waals surface area contributed by atoms with Gasteiger partial charge in [-0.3, -0.25) is 4.79 Å². The van der Waals surface area contributed by atoms with E-state index in [9.17, 15) is 17.6 Å². The Labute approximate surface area is 152 Å². The predicted molar refractivity (Wildman–Crippen MR) is 97.1 cm³/mol. The van der Waals surface area contributed by atoms with Crippen LogP contribution in [0.5, 0.6) is 0 Å². The van der Waals surface area contributed by atoms with Crippen molar-refractivity contribution in [2.75, 3.05) is 0 Å². The van der Waals surface area contributed by atoms with Gasteiger partial charge in [0.15, 0.2) is 0 Å². The molecule has 1 aliphatic carbocycles. The van der Waals surface area contributed by atoms with E-state index in [4.69, 9.17) is 0 Å². The van der Waals surface area contributed by atoms with E-state index in [1.54, 1.807) is 30.3 Å². The highest BCUT2D eigenvalue weighted by Gasteiger charge is 2.27. The third-order valence-electron chi connectivity index (χ3n) is 3.90. The SMILES string of the molecule is O=C(/C=C/c1ccc(F)cc1)NCc1ccc(S(=O)(=O)NC2CC2)cc1. The number of amides is 1. The minimum atomic E-state index is -3.46. The molecular weight excluding hydrogens is 355 g/mol. The summed E-state index contributed by atoms with van der Waals surface area (Å²) in [6.07, 6.45) is 4.73. The van der Waals surface area contributed by atoms with E-state index < -0.39 is 10.0 Å². The van der Waals surface area contributed by atoms with Crippen LogP contribution in [0.2, 0.25) is 0 Å². The summed E-state index contributed by atoms with van der Waals surface area (Å²) in [6.45, 7) is 0.281. The summed E-state index contributed by atoms with van der Waals surface area (Å²) in [5, 5.41) is 2.72. The van der Waals surface area contributed by atoms with Crippen molar-refractivity contribution in [1.29, 1.82) is 0 Å². The molecule has 0 aliphatic heterocycles. The number of sulfonamides is 1. The smallest absolute Gasteiger partial charge is 0.244 e. The lowest BCUT2D eigenvalue weighted by atomic mass is 10.2. The molecule has 2 aromatic carbocycles. The third kappa shape index (κ3) is 5.24. The molecule has 0 bridgehead atoms. The molecule has 0 atom stereocenters. The van der Waals surface area contributed by atoms with Crippen LogP contribution >= 0.6 is 0 Å². The minimum absolute atomic E-state index is 0.0619. The second kappa shape index (κ2) is 7.80. The second-order valence-corrected chi connectivity index (χ2v) is 7.86. The van der Waals surface area contributed by atoms with Gasteiger partial charge < -0.3 is 5.32 Å². The molecular formula is C19H19FN2O3S. The first-order valence-corrected chi connectivity index (χ1v) is 9.73. The predicted octanol–water partition coefficient (Wildman–Crippen LogP) is 2.60. The molecule has 1 saturated carbocycles. The van der Waals surface area contributed by atoms with Crippen molar-refractivity contribution in [3.63, 3.8) is 0 Å². The van der Waals surface area contributed by atoms with E-state index in [0.29, 0.717) is 0 Å². The van der Waals surface area contributed by atoms with Crippen LogP contribution < -0.4 is 10.0 Å². The molecule has 2 aromatic rings. The van der Waals surface area contributed by atoms with E-state index in [-0.39, 0.29) is 29.2 Å². The Bertz CT molecular complexity index is 903. The van der Waals surface area contributed by atoms with Crippen molar-refractivity contribution in [2.24, 2.45) is 0 Å². The molecule has 7 heteroatoms. The van der Waals surface area contributed by atoms with Crippen LogP contribution in [0, 0.1) is 5.82 Å². The standard InChI is InChI=1S/C19H19FN2O3S/c20-16-6-1-14(2-7-16)5-12-19(23)21-13-15-3-10-18(11-4-15)26(24,25)22-17-8-9-17/h1-7,10-12,17,22H,8-9,13H2,(H,21,23)/b12-5+. The molecule has 3 rings (SSSR count). The number of benzene rings is 2. The number of carbonyl (C=O) groups excluding carboxylic acids is 1. The summed E-state index contributed by atoms with van der Waals surface area (Å²) in [5.74, 6) is -0.620. The Morgan fingerprint density at radius 3 is 2.35 bits per heavy atom. The maximum absolute atomic E-state index is 12.8. The first-order valence-electron chi connectivity index (χ1n) is 8.25. The summed E-state index contributed by atoms with van der Waals surface area (Å²) in [4.78, 5) is 12.1. The van der Waals surface area contributed by atoms with E-state index in [0.717, 1.165) is 24.0 Å². The molecule has 2 N–H and O–H groups in total. The van der Waals surface area contributed by atoms with Gasteiger partial charge >= 0.3 is 0 Å². The topological polar surface area (TPSA) is 75.3 Å². The maximum Gasteiger partial charge on any atom is 0.244 e. The molecule has 0 heterocycles. The fourth-order valence-corrected chi connectivity index (χ4v) is 3.57. The average Bonchev–Trinajstić information content (AvgIpc) is 3.43. The quantitative estimate of drug-likeness (QED) is 0.732. The van der Waals surface area contributed by atoms with Gasteiger partial charge in [-0.2, -0.15) is 0 Å². The molecule has 1 fully saturated rings. The molecule has 0 saturated heterocycles. The van der Waals surface area contributed by atoms with E-state index >= 15 is 0 Å². The third-order valence-corrected chi connectivity index (χ3v) is 5.43. The number of carbonyl (C=O) groups is 1. The van der Waals surface area contributed by atoms with Gasteiger partial charge in [-0.05, 0) is 54.3 Å². The van der Waals surface area contributed by atoms with Crippen LogP contribution in [-0.4, -0.2) is 20.4 Å². The van der Waals surface area contributed by atoms with E-state index in [2.05, 4.69) is 10.0 Å². The monoisotopic (exact) mass is 374 g/mol. The summed E-state index contributed by atoms with van der Waals surface area (Å²) in [7, 11) is -3.46. The maximum atomic E-state index is 12.8. The largest absolute Gasteiger partial charge is 0.348 e. The van der Waals surface area contributed by atoms with Crippen molar-refractivity contribution in [3.05, 3.63) is 71.6 Å². The van der Waals surface area contributed by atoms with E-state index in [1.165, 1.54) is 30.3 Å². The summed E-state index contributed by atoms with van der Waals surface area (Å²) in [5.41, 5.74) is 1.51. The zero-order valence-corrected chi connectivity index (χ0v) is 14.8. The van der Waals surface area contributed by atoms with Gasteiger partial charge in [0, 0.05) is 18.7 Å². The number of nitrogens with one attached hydrogen (secondary N) is 2. The van der Waals surface area contributed by atoms with Crippen LogP contribution in [0.25, 0.3) is 6.08 Å². The minimum Gasteiger partial charge on any atom is -0.348 e. The highest BCUT2D eigenvalue weighted by Crippen LogP contribution is 2.22. The van der Waals surface area contributed by atoms with Crippen molar-refractivity contribution >= 4 is 22.0 Å². The Morgan fingerprint density at radius 1 is 1.08 bits per heavy atom. The number of hydrogen-bond acceptors (Lipinski definition) is 3. The first-order chi connectivity index (χ1) is 12.4. The molecule has 1 amide bonds. The molecule has 5 nitrogen and oxygen atoms in total. The number of halogens is 1. The Morgan fingerprint density at radius 2 is 1.73 bits per heavy atom. The highest BCUT2D eigenvalue weighted by atomic mass is 32.2. The average molecular weight is 374 g/mol. The second-order valence-electron chi connectivity index (χ2n) is 6.14. The van der Waals surface area contributed by atoms with Crippen LogP contribution in [0.1, 0.15) is 24.0 Å². The summed E-state index contributed by atoms with van der Waals surface area (Å²) in [6, 6.07) is 12.3. The van der Waals surface area contributed by atoms with Crippen LogP contribution in [0.15, 0.2) is 59.5 Å². The van der Waals surface area contributed by atoms with Crippen molar-refractivity contribution in [1.82, 2.24) is 10.0 Å². The van der Waals surface area contributed by atoms with Gasteiger partial charge in [0.05, 0.1) is 4.90 Å². The Kier molecular flexibility index (Phi) is 5.49. The lowest BCUT2D eigenvalue weighted by Crippen LogP contribution is -2.25. The normalized spacial score (nSPS) is 14.5. The number of rotatable bonds is 7. The zero-order valence-electron chi connectivity index (χ0n) is 14.0. The van der Waals surface area contributed by atoms with Gasteiger partial charge in [0.25, 0.3) is 0 Å². The zero-order chi connectivity index (χ0) is 18.6. The van der Waals surface area contributed by atoms with E-state index in [1.807, 2.05) is 0 Å². The molecule has 136 valence electrons. The van der Waals surface area contributed by atoms with Gasteiger partial charge in [-0.25, -0.2) is 17.5 Å².